The fraction of sp³-hybridized carbons (Fsp3) is 0.516. The van der Waals surface area contributed by atoms with E-state index >= 15 is 0 Å². The summed E-state index contributed by atoms with van der Waals surface area (Å²) < 4.78 is 0. The number of amides is 2. The van der Waals surface area contributed by atoms with Gasteiger partial charge in [-0.05, 0) is 42.6 Å². The Morgan fingerprint density at radius 1 is 0.757 bits per heavy atom. The molecule has 0 unspecified atom stereocenters. The highest BCUT2D eigenvalue weighted by Crippen LogP contribution is 2.30. The summed E-state index contributed by atoms with van der Waals surface area (Å²) in [5, 5.41) is 10.5. The maximum absolute atomic E-state index is 12.6. The first kappa shape index (κ1) is 29.0. The molecule has 0 fully saturated rings. The molecule has 37 heavy (non-hydrogen) atoms. The molecule has 3 N–H and O–H groups in total. The van der Waals surface area contributed by atoms with Crippen LogP contribution in [0.2, 0.25) is 0 Å². The standard InChI is InChI=1S/C31H46N4OS/c1-3-5-6-7-15-23-35(31(36)32-22-4-2)24-16-10-17-25-37-30-33-28(26-18-11-8-12-19-26)29(34-30)27-20-13-9-14-21-27/h8-9,11-14,18-21,30,33-34H,3-7,10,15-17,22-25H2,1-2H3,(H,32,36). The van der Waals surface area contributed by atoms with Gasteiger partial charge in [0.05, 0.1) is 11.4 Å². The van der Waals surface area contributed by atoms with E-state index < -0.39 is 0 Å². The molecule has 0 saturated heterocycles. The highest BCUT2D eigenvalue weighted by atomic mass is 32.2. The van der Waals surface area contributed by atoms with Crippen molar-refractivity contribution in [2.45, 2.75) is 77.1 Å². The summed E-state index contributed by atoms with van der Waals surface area (Å²) in [5.74, 6) is 1.08. The van der Waals surface area contributed by atoms with E-state index in [1.54, 1.807) is 0 Å². The normalized spacial score (nSPS) is 13.4. The van der Waals surface area contributed by atoms with Crippen molar-refractivity contribution in [2.75, 3.05) is 25.4 Å². The maximum atomic E-state index is 12.6. The van der Waals surface area contributed by atoms with Gasteiger partial charge in [-0.2, -0.15) is 0 Å². The van der Waals surface area contributed by atoms with Crippen LogP contribution in [0.25, 0.3) is 11.4 Å². The first-order valence-corrected chi connectivity index (χ1v) is 15.3. The van der Waals surface area contributed by atoms with Gasteiger partial charge in [0.15, 0.2) is 0 Å². The van der Waals surface area contributed by atoms with Crippen molar-refractivity contribution in [3.05, 3.63) is 71.8 Å². The summed E-state index contributed by atoms with van der Waals surface area (Å²) in [5.41, 5.74) is 4.89. The quantitative estimate of drug-likeness (QED) is 0.191. The molecule has 0 bridgehead atoms. The van der Waals surface area contributed by atoms with Crippen molar-refractivity contribution in [1.29, 1.82) is 0 Å². The van der Waals surface area contributed by atoms with E-state index in [9.17, 15) is 4.79 Å². The lowest BCUT2D eigenvalue weighted by molar-refractivity contribution is 0.195. The predicted octanol–water partition coefficient (Wildman–Crippen LogP) is 7.28. The lowest BCUT2D eigenvalue weighted by Gasteiger charge is -2.23. The number of unbranched alkanes of at least 4 members (excludes halogenated alkanes) is 6. The van der Waals surface area contributed by atoms with Crippen molar-refractivity contribution < 1.29 is 4.79 Å². The van der Waals surface area contributed by atoms with E-state index in [0.29, 0.717) is 0 Å². The molecule has 202 valence electrons. The number of rotatable bonds is 17. The van der Waals surface area contributed by atoms with E-state index in [1.165, 1.54) is 36.8 Å². The molecule has 2 aromatic rings. The van der Waals surface area contributed by atoms with Crippen molar-refractivity contribution >= 4 is 29.2 Å². The second kappa shape index (κ2) is 17.0. The Morgan fingerprint density at radius 2 is 1.30 bits per heavy atom. The fourth-order valence-electron chi connectivity index (χ4n) is 4.54. The number of hydrogen-bond donors (Lipinski definition) is 3. The summed E-state index contributed by atoms with van der Waals surface area (Å²) >= 11 is 1.92. The monoisotopic (exact) mass is 522 g/mol. The lowest BCUT2D eigenvalue weighted by Crippen LogP contribution is -2.41. The second-order valence-electron chi connectivity index (χ2n) is 9.72. The number of benzene rings is 2. The minimum Gasteiger partial charge on any atom is -0.355 e. The molecule has 2 amide bonds. The molecular formula is C31H46N4OS. The van der Waals surface area contributed by atoms with E-state index in [2.05, 4.69) is 90.5 Å². The van der Waals surface area contributed by atoms with Crippen LogP contribution in [0.1, 0.15) is 82.8 Å². The average molecular weight is 523 g/mol. The Bertz CT molecular complexity index is 883. The molecule has 0 atom stereocenters. The summed E-state index contributed by atoms with van der Waals surface area (Å²) in [6.45, 7) is 6.82. The van der Waals surface area contributed by atoms with Crippen molar-refractivity contribution in [2.24, 2.45) is 0 Å². The van der Waals surface area contributed by atoms with Crippen LogP contribution in [0.4, 0.5) is 4.79 Å². The van der Waals surface area contributed by atoms with Gasteiger partial charge in [0, 0.05) is 19.6 Å². The number of nitrogens with zero attached hydrogens (tertiary/aromatic N) is 1. The molecule has 2 aromatic carbocycles. The topological polar surface area (TPSA) is 56.4 Å². The molecule has 0 aromatic heterocycles. The van der Waals surface area contributed by atoms with Crippen LogP contribution >= 0.6 is 11.8 Å². The molecule has 1 heterocycles. The Labute approximate surface area is 228 Å². The minimum absolute atomic E-state index is 0.110. The van der Waals surface area contributed by atoms with Crippen molar-refractivity contribution in [1.82, 2.24) is 20.9 Å². The Kier molecular flexibility index (Phi) is 13.3. The summed E-state index contributed by atoms with van der Waals surface area (Å²) in [7, 11) is 0. The molecule has 0 aliphatic carbocycles. The fourth-order valence-corrected chi connectivity index (χ4v) is 5.55. The Balaban J connectivity index is 1.41. The third-order valence-corrected chi connectivity index (χ3v) is 7.72. The molecule has 0 saturated carbocycles. The van der Waals surface area contributed by atoms with Gasteiger partial charge in [0.2, 0.25) is 0 Å². The molecule has 1 aliphatic heterocycles. The van der Waals surface area contributed by atoms with Crippen LogP contribution in [0.5, 0.6) is 0 Å². The predicted molar refractivity (Wildman–Crippen MR) is 160 cm³/mol. The third kappa shape index (κ3) is 9.99. The first-order chi connectivity index (χ1) is 18.2. The van der Waals surface area contributed by atoms with E-state index in [-0.39, 0.29) is 11.5 Å². The molecule has 5 nitrogen and oxygen atoms in total. The zero-order chi connectivity index (χ0) is 26.1. The lowest BCUT2D eigenvalue weighted by atomic mass is 10.1. The molecule has 0 radical (unpaired) electrons. The van der Waals surface area contributed by atoms with Crippen LogP contribution in [0.15, 0.2) is 60.7 Å². The number of thioether (sulfide) groups is 1. The Hall–Kier alpha value is -2.60. The van der Waals surface area contributed by atoms with Crippen LogP contribution in [0, 0.1) is 0 Å². The van der Waals surface area contributed by atoms with E-state index in [1.807, 2.05) is 16.7 Å². The number of hydrogen-bond acceptors (Lipinski definition) is 4. The van der Waals surface area contributed by atoms with Gasteiger partial charge >= 0.3 is 6.03 Å². The minimum atomic E-state index is 0.110. The van der Waals surface area contributed by atoms with E-state index in [4.69, 9.17) is 0 Å². The maximum Gasteiger partial charge on any atom is 0.317 e. The van der Waals surface area contributed by atoms with Crippen molar-refractivity contribution in [3.8, 4) is 0 Å². The van der Waals surface area contributed by atoms with E-state index in [0.717, 1.165) is 68.9 Å². The van der Waals surface area contributed by atoms with Gasteiger partial charge in [-0.3, -0.25) is 0 Å². The number of urea groups is 1. The summed E-state index contributed by atoms with van der Waals surface area (Å²) in [6.07, 6.45) is 10.5. The third-order valence-electron chi connectivity index (χ3n) is 6.63. The van der Waals surface area contributed by atoms with Crippen LogP contribution < -0.4 is 16.0 Å². The summed E-state index contributed by atoms with van der Waals surface area (Å²) in [4.78, 5) is 14.6. The zero-order valence-electron chi connectivity index (χ0n) is 22.8. The second-order valence-corrected chi connectivity index (χ2v) is 10.9. The molecule has 0 spiro atoms. The van der Waals surface area contributed by atoms with Gasteiger partial charge in [-0.25, -0.2) is 4.79 Å². The van der Waals surface area contributed by atoms with Crippen LogP contribution in [-0.2, 0) is 0 Å². The highest BCUT2D eigenvalue weighted by molar-refractivity contribution is 7.99. The number of nitrogens with one attached hydrogen (secondary N) is 3. The van der Waals surface area contributed by atoms with Gasteiger partial charge < -0.3 is 20.9 Å². The van der Waals surface area contributed by atoms with Crippen LogP contribution in [-0.4, -0.2) is 41.8 Å². The van der Waals surface area contributed by atoms with Crippen LogP contribution in [0.3, 0.4) is 0 Å². The first-order valence-electron chi connectivity index (χ1n) is 14.3. The SMILES string of the molecule is CCCCCCCN(CCCCCSC1NC(c2ccccc2)=C(c2ccccc2)N1)C(=O)NCCC. The van der Waals surface area contributed by atoms with Gasteiger partial charge in [-0.15, -0.1) is 11.8 Å². The highest BCUT2D eigenvalue weighted by Gasteiger charge is 2.24. The molecule has 3 rings (SSSR count). The van der Waals surface area contributed by atoms with Crippen molar-refractivity contribution in [3.63, 3.8) is 0 Å². The zero-order valence-corrected chi connectivity index (χ0v) is 23.6. The smallest absolute Gasteiger partial charge is 0.317 e. The summed E-state index contributed by atoms with van der Waals surface area (Å²) in [6, 6.07) is 21.2. The Morgan fingerprint density at radius 3 is 1.84 bits per heavy atom. The molecular weight excluding hydrogens is 476 g/mol. The number of carbonyl (C=O) groups is 1. The van der Waals surface area contributed by atoms with Gasteiger partial charge in [0.25, 0.3) is 0 Å². The van der Waals surface area contributed by atoms with Gasteiger partial charge in [0.1, 0.15) is 5.50 Å². The average Bonchev–Trinajstić information content (AvgIpc) is 3.37. The largest absolute Gasteiger partial charge is 0.355 e. The number of carbonyl (C=O) groups excluding carboxylic acids is 1. The molecule has 6 heteroatoms. The van der Waals surface area contributed by atoms with Gasteiger partial charge in [-0.1, -0.05) is 107 Å². The molecule has 1 aliphatic rings.